The Labute approximate surface area is 124 Å². The number of anilines is 2. The van der Waals surface area contributed by atoms with Gasteiger partial charge in [0.2, 0.25) is 0 Å². The lowest BCUT2D eigenvalue weighted by Gasteiger charge is -2.19. The number of aryl methyl sites for hydroxylation is 1. The van der Waals surface area contributed by atoms with Gasteiger partial charge in [0.25, 0.3) is 0 Å². The van der Waals surface area contributed by atoms with Gasteiger partial charge in [-0.25, -0.2) is 15.8 Å². The van der Waals surface area contributed by atoms with Crippen LogP contribution >= 0.6 is 0 Å². The van der Waals surface area contributed by atoms with Crippen LogP contribution < -0.4 is 16.2 Å². The predicted octanol–water partition coefficient (Wildman–Crippen LogP) is 1.98. The molecule has 21 heavy (non-hydrogen) atoms. The third-order valence-corrected chi connectivity index (χ3v) is 3.56. The Kier molecular flexibility index (Phi) is 3.70. The number of nitrogen functional groups attached to an aromatic ring is 1. The minimum Gasteiger partial charge on any atom is -0.354 e. The Morgan fingerprint density at radius 1 is 1.29 bits per heavy atom. The number of hydrogen-bond donors (Lipinski definition) is 2. The smallest absolute Gasteiger partial charge is 0.145 e. The Morgan fingerprint density at radius 2 is 2.10 bits per heavy atom. The van der Waals surface area contributed by atoms with Crippen LogP contribution in [-0.4, -0.2) is 22.0 Å². The first-order valence-corrected chi connectivity index (χ1v) is 7.15. The first kappa shape index (κ1) is 13.8. The average Bonchev–Trinajstić information content (AvgIpc) is 3.31. The molecule has 0 amide bonds. The Bertz CT molecular complexity index is 638. The fraction of sp³-hybridized carbons (Fsp3) is 0.400. The number of hydrogen-bond acceptors (Lipinski definition) is 6. The van der Waals surface area contributed by atoms with Crippen molar-refractivity contribution in [3.63, 3.8) is 0 Å². The van der Waals surface area contributed by atoms with E-state index in [1.165, 1.54) is 0 Å². The van der Waals surface area contributed by atoms with Crippen molar-refractivity contribution in [2.24, 2.45) is 5.84 Å². The normalized spacial score (nSPS) is 14.0. The fourth-order valence-corrected chi connectivity index (χ4v) is 2.26. The Balaban J connectivity index is 1.83. The first-order chi connectivity index (χ1) is 10.2. The number of aromatic nitrogens is 3. The Hall–Kier alpha value is -2.21. The maximum atomic E-state index is 5.51. The highest BCUT2D eigenvalue weighted by molar-refractivity contribution is 5.49. The molecule has 3 N–H and O–H groups in total. The zero-order valence-corrected chi connectivity index (χ0v) is 12.4. The Morgan fingerprint density at radius 3 is 2.76 bits per heavy atom. The molecule has 0 aromatic carbocycles. The zero-order chi connectivity index (χ0) is 14.8. The van der Waals surface area contributed by atoms with Crippen molar-refractivity contribution in [1.29, 1.82) is 0 Å². The summed E-state index contributed by atoms with van der Waals surface area (Å²) in [7, 11) is 2.00. The van der Waals surface area contributed by atoms with Crippen molar-refractivity contribution in [1.82, 2.24) is 15.0 Å². The standard InChI is InChI=1S/C15H20N6/c1-10-4-3-5-12(17-10)9-21(2)14-8-13(20-16)18-15(19-14)11-6-7-11/h3-5,8,11H,6-7,9,16H2,1-2H3,(H,18,19,20). The third kappa shape index (κ3) is 3.28. The molecule has 0 spiro atoms. The summed E-state index contributed by atoms with van der Waals surface area (Å²) in [6.07, 6.45) is 2.33. The lowest BCUT2D eigenvalue weighted by molar-refractivity contribution is 0.832. The first-order valence-electron chi connectivity index (χ1n) is 7.15. The summed E-state index contributed by atoms with van der Waals surface area (Å²) >= 11 is 0. The molecular weight excluding hydrogens is 264 g/mol. The number of nitrogens with zero attached hydrogens (tertiary/aromatic N) is 4. The van der Waals surface area contributed by atoms with Gasteiger partial charge in [-0.3, -0.25) is 4.98 Å². The number of pyridine rings is 1. The van der Waals surface area contributed by atoms with Crippen molar-refractivity contribution >= 4 is 11.6 Å². The van der Waals surface area contributed by atoms with Gasteiger partial charge in [0.15, 0.2) is 0 Å². The van der Waals surface area contributed by atoms with Crippen LogP contribution in [-0.2, 0) is 6.54 Å². The van der Waals surface area contributed by atoms with Crippen LogP contribution in [0.5, 0.6) is 0 Å². The molecule has 2 aromatic rings. The molecule has 0 bridgehead atoms. The summed E-state index contributed by atoms with van der Waals surface area (Å²) in [5, 5.41) is 0. The van der Waals surface area contributed by atoms with E-state index < -0.39 is 0 Å². The second kappa shape index (κ2) is 5.65. The fourth-order valence-electron chi connectivity index (χ4n) is 2.26. The van der Waals surface area contributed by atoms with Crippen LogP contribution in [0.4, 0.5) is 11.6 Å². The van der Waals surface area contributed by atoms with E-state index in [1.54, 1.807) is 0 Å². The van der Waals surface area contributed by atoms with E-state index in [2.05, 4.69) is 25.3 Å². The highest BCUT2D eigenvalue weighted by atomic mass is 15.3. The van der Waals surface area contributed by atoms with Crippen molar-refractivity contribution in [2.75, 3.05) is 17.4 Å². The van der Waals surface area contributed by atoms with E-state index in [0.29, 0.717) is 18.3 Å². The van der Waals surface area contributed by atoms with E-state index in [1.807, 2.05) is 38.2 Å². The summed E-state index contributed by atoms with van der Waals surface area (Å²) in [5.41, 5.74) is 4.66. The van der Waals surface area contributed by atoms with Crippen LogP contribution in [0.2, 0.25) is 0 Å². The number of rotatable bonds is 5. The van der Waals surface area contributed by atoms with Gasteiger partial charge in [-0.15, -0.1) is 0 Å². The summed E-state index contributed by atoms with van der Waals surface area (Å²) < 4.78 is 0. The quantitative estimate of drug-likeness (QED) is 0.645. The molecule has 0 unspecified atom stereocenters. The molecule has 0 aliphatic heterocycles. The van der Waals surface area contributed by atoms with E-state index in [0.717, 1.165) is 35.9 Å². The van der Waals surface area contributed by atoms with E-state index in [-0.39, 0.29) is 0 Å². The molecule has 1 aliphatic rings. The highest BCUT2D eigenvalue weighted by Gasteiger charge is 2.27. The lowest BCUT2D eigenvalue weighted by Crippen LogP contribution is -2.20. The summed E-state index contributed by atoms with van der Waals surface area (Å²) in [5.74, 6) is 8.40. The maximum Gasteiger partial charge on any atom is 0.145 e. The van der Waals surface area contributed by atoms with Crippen molar-refractivity contribution in [3.8, 4) is 0 Å². The van der Waals surface area contributed by atoms with Crippen LogP contribution in [0.25, 0.3) is 0 Å². The van der Waals surface area contributed by atoms with Gasteiger partial charge in [0.05, 0.1) is 12.2 Å². The van der Waals surface area contributed by atoms with Gasteiger partial charge in [-0.2, -0.15) is 0 Å². The number of nitrogens with two attached hydrogens (primary N) is 1. The molecular formula is C15H20N6. The summed E-state index contributed by atoms with van der Waals surface area (Å²) in [6, 6.07) is 7.90. The summed E-state index contributed by atoms with van der Waals surface area (Å²) in [4.78, 5) is 15.7. The highest BCUT2D eigenvalue weighted by Crippen LogP contribution is 2.39. The minimum atomic E-state index is 0.488. The van der Waals surface area contributed by atoms with Crippen molar-refractivity contribution in [3.05, 3.63) is 41.5 Å². The molecule has 3 rings (SSSR count). The lowest BCUT2D eigenvalue weighted by atomic mass is 10.3. The van der Waals surface area contributed by atoms with Crippen LogP contribution in [0.15, 0.2) is 24.3 Å². The third-order valence-electron chi connectivity index (χ3n) is 3.56. The van der Waals surface area contributed by atoms with Gasteiger partial charge in [0, 0.05) is 24.7 Å². The number of nitrogens with one attached hydrogen (secondary N) is 1. The molecule has 6 nitrogen and oxygen atoms in total. The van der Waals surface area contributed by atoms with E-state index in [4.69, 9.17) is 5.84 Å². The second-order valence-electron chi connectivity index (χ2n) is 5.51. The largest absolute Gasteiger partial charge is 0.354 e. The van der Waals surface area contributed by atoms with Gasteiger partial charge in [-0.1, -0.05) is 6.07 Å². The summed E-state index contributed by atoms with van der Waals surface area (Å²) in [6.45, 7) is 2.70. The van der Waals surface area contributed by atoms with E-state index in [9.17, 15) is 0 Å². The minimum absolute atomic E-state index is 0.488. The topological polar surface area (TPSA) is 80.0 Å². The molecule has 0 saturated heterocycles. The average molecular weight is 284 g/mol. The van der Waals surface area contributed by atoms with E-state index >= 15 is 0 Å². The maximum absolute atomic E-state index is 5.51. The van der Waals surface area contributed by atoms with Gasteiger partial charge >= 0.3 is 0 Å². The second-order valence-corrected chi connectivity index (χ2v) is 5.51. The van der Waals surface area contributed by atoms with Crippen LogP contribution in [0.3, 0.4) is 0 Å². The molecule has 2 heterocycles. The van der Waals surface area contributed by atoms with Crippen LogP contribution in [0.1, 0.15) is 36.0 Å². The molecule has 110 valence electrons. The molecule has 6 heteroatoms. The number of hydrazine groups is 1. The van der Waals surface area contributed by atoms with Gasteiger partial charge in [0.1, 0.15) is 17.5 Å². The molecule has 0 radical (unpaired) electrons. The van der Waals surface area contributed by atoms with Gasteiger partial charge in [-0.05, 0) is 31.9 Å². The van der Waals surface area contributed by atoms with Crippen molar-refractivity contribution in [2.45, 2.75) is 32.2 Å². The van der Waals surface area contributed by atoms with Gasteiger partial charge < -0.3 is 10.3 Å². The zero-order valence-electron chi connectivity index (χ0n) is 12.4. The molecule has 1 fully saturated rings. The monoisotopic (exact) mass is 284 g/mol. The molecule has 1 saturated carbocycles. The molecule has 2 aromatic heterocycles. The van der Waals surface area contributed by atoms with Crippen LogP contribution in [0, 0.1) is 6.92 Å². The molecule has 1 aliphatic carbocycles. The van der Waals surface area contributed by atoms with Crippen molar-refractivity contribution < 1.29 is 0 Å². The SMILES string of the molecule is Cc1cccc(CN(C)c2cc(NN)nc(C3CC3)n2)n1. The molecule has 0 atom stereocenters. The predicted molar refractivity (Wildman–Crippen MR) is 82.9 cm³/mol.